The number of phenols is 2. The number of carboxylic acid groups (broad SMARTS) is 1. The quantitative estimate of drug-likeness (QED) is 0.424. The van der Waals surface area contributed by atoms with Crippen LogP contribution in [-0.4, -0.2) is 43.9 Å². The topological polar surface area (TPSA) is 143 Å². The minimum absolute atomic E-state index is 0.121. The summed E-state index contributed by atoms with van der Waals surface area (Å²) in [5.74, 6) is -2.57. The third-order valence-electron chi connectivity index (χ3n) is 4.09. The van der Waals surface area contributed by atoms with Gasteiger partial charge in [-0.2, -0.15) is 0 Å². The molecule has 1 heterocycles. The number of carbonyl (C=O) groups excluding carboxylic acids is 1. The molecule has 8 heteroatoms. The van der Waals surface area contributed by atoms with Crippen LogP contribution < -0.4 is 5.73 Å². The number of esters is 1. The first-order valence-corrected chi connectivity index (χ1v) is 8.27. The van der Waals surface area contributed by atoms with E-state index in [-0.39, 0.29) is 29.9 Å². The van der Waals surface area contributed by atoms with E-state index in [1.165, 1.54) is 24.4 Å². The van der Waals surface area contributed by atoms with E-state index in [9.17, 15) is 24.9 Å². The molecule has 0 fully saturated rings. The number of aliphatic carboxylic acids is 1. The number of aryl methyl sites for hydroxylation is 1. The van der Waals surface area contributed by atoms with Gasteiger partial charge in [0.2, 0.25) is 0 Å². The van der Waals surface area contributed by atoms with Crippen LogP contribution in [0.3, 0.4) is 0 Å². The fourth-order valence-electron chi connectivity index (χ4n) is 2.67. The van der Waals surface area contributed by atoms with Gasteiger partial charge in [0.05, 0.1) is 5.56 Å². The molecule has 1 unspecified atom stereocenters. The highest BCUT2D eigenvalue weighted by atomic mass is 16.5. The first-order valence-electron chi connectivity index (χ1n) is 8.27. The van der Waals surface area contributed by atoms with Gasteiger partial charge >= 0.3 is 11.9 Å². The van der Waals surface area contributed by atoms with E-state index in [0.29, 0.717) is 5.56 Å². The van der Waals surface area contributed by atoms with E-state index in [4.69, 9.17) is 10.5 Å². The Morgan fingerprint density at radius 2 is 1.93 bits per heavy atom. The maximum absolute atomic E-state index is 12.2. The van der Waals surface area contributed by atoms with E-state index in [1.807, 2.05) is 0 Å². The number of aromatic hydroxyl groups is 2. The molecule has 144 valence electrons. The molecule has 0 saturated carbocycles. The lowest BCUT2D eigenvalue weighted by molar-refractivity contribution is -0.144. The summed E-state index contributed by atoms with van der Waals surface area (Å²) in [5.41, 5.74) is 5.76. The van der Waals surface area contributed by atoms with Gasteiger partial charge in [0.1, 0.15) is 11.6 Å². The Morgan fingerprint density at radius 1 is 1.22 bits per heavy atom. The van der Waals surface area contributed by atoms with Gasteiger partial charge in [-0.3, -0.25) is 9.78 Å². The van der Waals surface area contributed by atoms with Crippen LogP contribution in [0.25, 0.3) is 0 Å². The van der Waals surface area contributed by atoms with E-state index in [1.54, 1.807) is 26.0 Å². The Bertz CT molecular complexity index is 837. The van der Waals surface area contributed by atoms with Gasteiger partial charge in [0.25, 0.3) is 0 Å². The number of benzene rings is 1. The molecule has 1 aromatic carbocycles. The monoisotopic (exact) mass is 374 g/mol. The lowest BCUT2D eigenvalue weighted by Crippen LogP contribution is -2.52. The average Bonchev–Trinajstić information content (AvgIpc) is 2.58. The predicted molar refractivity (Wildman–Crippen MR) is 96.5 cm³/mol. The number of carboxylic acids is 1. The van der Waals surface area contributed by atoms with Crippen molar-refractivity contribution in [1.82, 2.24) is 4.98 Å². The van der Waals surface area contributed by atoms with Gasteiger partial charge in [-0.25, -0.2) is 4.79 Å². The summed E-state index contributed by atoms with van der Waals surface area (Å²) in [6, 6.07) is 7.20. The zero-order valence-electron chi connectivity index (χ0n) is 15.0. The summed E-state index contributed by atoms with van der Waals surface area (Å²) in [5, 5.41) is 28.5. The molecule has 0 aliphatic rings. The molecule has 0 aliphatic heterocycles. The largest absolute Gasteiger partial charge is 0.504 e. The zero-order chi connectivity index (χ0) is 20.2. The number of phenolic OH excluding ortho intramolecular Hbond substituents is 2. The van der Waals surface area contributed by atoms with Gasteiger partial charge in [-0.05, 0) is 43.7 Å². The van der Waals surface area contributed by atoms with E-state index >= 15 is 0 Å². The fraction of sp³-hybridized carbons (Fsp3) is 0.316. The van der Waals surface area contributed by atoms with Crippen molar-refractivity contribution in [2.24, 2.45) is 5.73 Å². The normalized spacial score (nSPS) is 14.2. The highest BCUT2D eigenvalue weighted by molar-refractivity contribution is 5.89. The Kier molecular flexibility index (Phi) is 6.02. The van der Waals surface area contributed by atoms with Gasteiger partial charge in [0, 0.05) is 24.7 Å². The van der Waals surface area contributed by atoms with Crippen molar-refractivity contribution >= 4 is 11.9 Å². The van der Waals surface area contributed by atoms with Crippen LogP contribution in [0.5, 0.6) is 11.5 Å². The van der Waals surface area contributed by atoms with Gasteiger partial charge in [-0.15, -0.1) is 0 Å². The Hall–Kier alpha value is -3.13. The number of nitrogens with two attached hydrogens (primary N) is 1. The van der Waals surface area contributed by atoms with Crippen molar-refractivity contribution in [2.75, 3.05) is 0 Å². The average molecular weight is 374 g/mol. The molecular weight excluding hydrogens is 352 g/mol. The minimum Gasteiger partial charge on any atom is -0.504 e. The number of hydrogen-bond acceptors (Lipinski definition) is 7. The number of hydrogen-bond donors (Lipinski definition) is 4. The molecule has 0 bridgehead atoms. The van der Waals surface area contributed by atoms with Crippen LogP contribution in [0.2, 0.25) is 0 Å². The van der Waals surface area contributed by atoms with Crippen molar-refractivity contribution in [1.29, 1.82) is 0 Å². The molecule has 8 nitrogen and oxygen atoms in total. The van der Waals surface area contributed by atoms with Crippen molar-refractivity contribution in [3.8, 4) is 11.5 Å². The molecule has 2 atom stereocenters. The molecule has 1 aromatic heterocycles. The SMILES string of the molecule is Cc1ccc(C(=O)O[C@@H](C)CC(N)(Cc2ccc(O)c(O)c2)C(=O)O)cn1. The van der Waals surface area contributed by atoms with E-state index < -0.39 is 23.6 Å². The highest BCUT2D eigenvalue weighted by Gasteiger charge is 2.37. The van der Waals surface area contributed by atoms with Crippen LogP contribution in [0, 0.1) is 6.92 Å². The number of pyridine rings is 1. The molecule has 0 saturated heterocycles. The Labute approximate surface area is 156 Å². The lowest BCUT2D eigenvalue weighted by atomic mass is 9.86. The third-order valence-corrected chi connectivity index (χ3v) is 4.09. The van der Waals surface area contributed by atoms with Crippen LogP contribution in [0.15, 0.2) is 36.5 Å². The van der Waals surface area contributed by atoms with Crippen LogP contribution in [-0.2, 0) is 16.0 Å². The first-order chi connectivity index (χ1) is 12.6. The molecular formula is C19H22N2O6. The smallest absolute Gasteiger partial charge is 0.339 e. The van der Waals surface area contributed by atoms with Crippen molar-refractivity contribution in [3.63, 3.8) is 0 Å². The predicted octanol–water partition coefficient (Wildman–Crippen LogP) is 1.76. The van der Waals surface area contributed by atoms with Crippen molar-refractivity contribution < 1.29 is 29.6 Å². The van der Waals surface area contributed by atoms with Crippen LogP contribution in [0.1, 0.15) is 35.0 Å². The molecule has 0 amide bonds. The lowest BCUT2D eigenvalue weighted by Gasteiger charge is -2.28. The number of carbonyl (C=O) groups is 2. The summed E-state index contributed by atoms with van der Waals surface area (Å²) < 4.78 is 5.29. The van der Waals surface area contributed by atoms with Crippen molar-refractivity contribution in [2.45, 2.75) is 38.3 Å². The molecule has 0 radical (unpaired) electrons. The number of ether oxygens (including phenoxy) is 1. The summed E-state index contributed by atoms with van der Waals surface area (Å²) >= 11 is 0. The Morgan fingerprint density at radius 3 is 2.48 bits per heavy atom. The summed E-state index contributed by atoms with van der Waals surface area (Å²) in [7, 11) is 0. The summed E-state index contributed by atoms with van der Waals surface area (Å²) in [6.07, 6.45) is 0.348. The number of nitrogens with zero attached hydrogens (tertiary/aromatic N) is 1. The molecule has 27 heavy (non-hydrogen) atoms. The van der Waals surface area contributed by atoms with Gasteiger partial charge in [-0.1, -0.05) is 6.07 Å². The molecule has 5 N–H and O–H groups in total. The fourth-order valence-corrected chi connectivity index (χ4v) is 2.67. The maximum atomic E-state index is 12.2. The second kappa shape index (κ2) is 8.05. The van der Waals surface area contributed by atoms with Crippen LogP contribution in [0.4, 0.5) is 0 Å². The highest BCUT2D eigenvalue weighted by Crippen LogP contribution is 2.28. The minimum atomic E-state index is -1.73. The van der Waals surface area contributed by atoms with E-state index in [0.717, 1.165) is 5.69 Å². The molecule has 0 spiro atoms. The number of rotatable bonds is 7. The second-order valence-corrected chi connectivity index (χ2v) is 6.57. The maximum Gasteiger partial charge on any atom is 0.339 e. The molecule has 0 aliphatic carbocycles. The number of aromatic nitrogens is 1. The van der Waals surface area contributed by atoms with Crippen LogP contribution >= 0.6 is 0 Å². The van der Waals surface area contributed by atoms with Gasteiger partial charge in [0.15, 0.2) is 11.5 Å². The van der Waals surface area contributed by atoms with Crippen molar-refractivity contribution in [3.05, 3.63) is 53.3 Å². The standard InChI is InChI=1S/C19H22N2O6/c1-11-3-5-14(10-21-11)17(24)27-12(2)8-19(20,18(25)26)9-13-4-6-15(22)16(23)7-13/h3-7,10,12,22-23H,8-9,20H2,1-2H3,(H,25,26)/t12-,19?/m0/s1. The summed E-state index contributed by atoms with van der Waals surface area (Å²) in [6.45, 7) is 3.34. The third kappa shape index (κ3) is 5.18. The summed E-state index contributed by atoms with van der Waals surface area (Å²) in [4.78, 5) is 27.9. The Balaban J connectivity index is 2.09. The van der Waals surface area contributed by atoms with Gasteiger partial charge < -0.3 is 25.8 Å². The van der Waals surface area contributed by atoms with E-state index in [2.05, 4.69) is 4.98 Å². The molecule has 2 aromatic rings. The second-order valence-electron chi connectivity index (χ2n) is 6.57. The first kappa shape index (κ1) is 20.2. The molecule has 2 rings (SSSR count). The zero-order valence-corrected chi connectivity index (χ0v) is 15.0.